The molecule has 19 heavy (non-hydrogen) atoms. The summed E-state index contributed by atoms with van der Waals surface area (Å²) < 4.78 is 0. The molecule has 1 saturated carbocycles. The molecule has 0 amide bonds. The monoisotopic (exact) mass is 262 g/mol. The Bertz CT molecular complexity index is 384. The minimum atomic E-state index is 0.579. The van der Waals surface area contributed by atoms with Gasteiger partial charge >= 0.3 is 0 Å². The molecular weight excluding hydrogens is 236 g/mol. The third-order valence-electron chi connectivity index (χ3n) is 3.60. The van der Waals surface area contributed by atoms with Crippen LogP contribution in [0.3, 0.4) is 0 Å². The Morgan fingerprint density at radius 3 is 2.47 bits per heavy atom. The third-order valence-corrected chi connectivity index (χ3v) is 3.60. The lowest BCUT2D eigenvalue weighted by Gasteiger charge is -2.17. The van der Waals surface area contributed by atoms with Crippen LogP contribution in [0.25, 0.3) is 0 Å². The van der Waals surface area contributed by atoms with Gasteiger partial charge in [0, 0.05) is 18.7 Å². The van der Waals surface area contributed by atoms with E-state index in [4.69, 9.17) is 0 Å². The van der Waals surface area contributed by atoms with Crippen LogP contribution in [0.4, 0.5) is 11.6 Å². The molecule has 2 rings (SSSR count). The first kappa shape index (κ1) is 14.1. The summed E-state index contributed by atoms with van der Waals surface area (Å²) in [5.74, 6) is 2.74. The van der Waals surface area contributed by atoms with Crippen molar-refractivity contribution in [3.05, 3.63) is 11.9 Å². The van der Waals surface area contributed by atoms with E-state index in [0.29, 0.717) is 6.04 Å². The number of hydrogen-bond donors (Lipinski definition) is 2. The van der Waals surface area contributed by atoms with Gasteiger partial charge in [-0.15, -0.1) is 0 Å². The molecule has 0 unspecified atom stereocenters. The minimum Gasteiger partial charge on any atom is -0.370 e. The van der Waals surface area contributed by atoms with E-state index in [1.165, 1.54) is 38.5 Å². The Labute approximate surface area is 116 Å². The summed E-state index contributed by atoms with van der Waals surface area (Å²) in [5.41, 5.74) is 0. The number of rotatable bonds is 5. The molecule has 1 aliphatic carbocycles. The van der Waals surface area contributed by atoms with Crippen LogP contribution < -0.4 is 10.6 Å². The van der Waals surface area contributed by atoms with Crippen LogP contribution in [0.5, 0.6) is 0 Å². The number of aromatic nitrogens is 2. The van der Waals surface area contributed by atoms with E-state index in [2.05, 4.69) is 27.5 Å². The number of aryl methyl sites for hydroxylation is 1. The van der Waals surface area contributed by atoms with Gasteiger partial charge in [0.25, 0.3) is 0 Å². The summed E-state index contributed by atoms with van der Waals surface area (Å²) in [5, 5.41) is 6.92. The van der Waals surface area contributed by atoms with Gasteiger partial charge in [-0.25, -0.2) is 9.97 Å². The first-order valence-electron chi connectivity index (χ1n) is 7.64. The predicted molar refractivity (Wildman–Crippen MR) is 80.7 cm³/mol. The molecule has 1 aromatic rings. The largest absolute Gasteiger partial charge is 0.370 e. The van der Waals surface area contributed by atoms with Crippen LogP contribution in [0.15, 0.2) is 6.07 Å². The summed E-state index contributed by atoms with van der Waals surface area (Å²) in [6, 6.07) is 2.61. The van der Waals surface area contributed by atoms with Gasteiger partial charge < -0.3 is 10.6 Å². The van der Waals surface area contributed by atoms with Crippen LogP contribution in [-0.2, 0) is 0 Å². The molecule has 0 aliphatic heterocycles. The lowest BCUT2D eigenvalue weighted by atomic mass is 10.1. The fourth-order valence-corrected chi connectivity index (χ4v) is 2.62. The maximum Gasteiger partial charge on any atom is 0.132 e. The van der Waals surface area contributed by atoms with Crippen molar-refractivity contribution in [3.8, 4) is 0 Å². The molecule has 0 atom stereocenters. The molecule has 4 nitrogen and oxygen atoms in total. The van der Waals surface area contributed by atoms with Gasteiger partial charge in [0.1, 0.15) is 17.5 Å². The van der Waals surface area contributed by atoms with Gasteiger partial charge in [0.15, 0.2) is 0 Å². The SMILES string of the molecule is CCCNc1cc(NC2CCCCCC2)nc(C)n1. The number of anilines is 2. The maximum atomic E-state index is 4.50. The zero-order valence-corrected chi connectivity index (χ0v) is 12.2. The molecule has 1 fully saturated rings. The second kappa shape index (κ2) is 7.31. The topological polar surface area (TPSA) is 49.8 Å². The van der Waals surface area contributed by atoms with Crippen molar-refractivity contribution in [1.82, 2.24) is 9.97 Å². The summed E-state index contributed by atoms with van der Waals surface area (Å²) in [6.07, 6.45) is 9.07. The molecule has 1 aromatic heterocycles. The minimum absolute atomic E-state index is 0.579. The Morgan fingerprint density at radius 1 is 1.11 bits per heavy atom. The van der Waals surface area contributed by atoms with Crippen molar-refractivity contribution in [3.63, 3.8) is 0 Å². The maximum absolute atomic E-state index is 4.50. The van der Waals surface area contributed by atoms with Crippen LogP contribution >= 0.6 is 0 Å². The van der Waals surface area contributed by atoms with Crippen LogP contribution in [-0.4, -0.2) is 22.6 Å². The zero-order chi connectivity index (χ0) is 13.5. The molecular formula is C15H26N4. The van der Waals surface area contributed by atoms with Gasteiger partial charge in [0.05, 0.1) is 0 Å². The fraction of sp³-hybridized carbons (Fsp3) is 0.733. The smallest absolute Gasteiger partial charge is 0.132 e. The lowest BCUT2D eigenvalue weighted by molar-refractivity contribution is 0.617. The standard InChI is InChI=1S/C15H26N4/c1-3-10-16-14-11-15(18-12(2)17-14)19-13-8-6-4-5-7-9-13/h11,13H,3-10H2,1-2H3,(H2,16,17,18,19). The Hall–Kier alpha value is -1.32. The summed E-state index contributed by atoms with van der Waals surface area (Å²) in [7, 11) is 0. The average Bonchev–Trinajstić information content (AvgIpc) is 2.64. The second-order valence-corrected chi connectivity index (χ2v) is 5.45. The summed E-state index contributed by atoms with van der Waals surface area (Å²) in [6.45, 7) is 5.07. The average molecular weight is 262 g/mol. The van der Waals surface area contributed by atoms with Crippen molar-refractivity contribution in [2.75, 3.05) is 17.2 Å². The summed E-state index contributed by atoms with van der Waals surface area (Å²) >= 11 is 0. The first-order chi connectivity index (χ1) is 9.28. The highest BCUT2D eigenvalue weighted by atomic mass is 15.1. The van der Waals surface area contributed by atoms with Crippen molar-refractivity contribution >= 4 is 11.6 Å². The van der Waals surface area contributed by atoms with E-state index in [9.17, 15) is 0 Å². The Morgan fingerprint density at radius 2 is 1.79 bits per heavy atom. The Balaban J connectivity index is 1.99. The highest BCUT2D eigenvalue weighted by Crippen LogP contribution is 2.21. The van der Waals surface area contributed by atoms with Gasteiger partial charge in [-0.05, 0) is 26.2 Å². The predicted octanol–water partition coefficient (Wildman–Crippen LogP) is 3.74. The van der Waals surface area contributed by atoms with E-state index < -0.39 is 0 Å². The molecule has 0 saturated heterocycles. The molecule has 1 aliphatic rings. The van der Waals surface area contributed by atoms with Gasteiger partial charge in [-0.2, -0.15) is 0 Å². The molecule has 0 bridgehead atoms. The zero-order valence-electron chi connectivity index (χ0n) is 12.2. The van der Waals surface area contributed by atoms with Crippen LogP contribution in [0.1, 0.15) is 57.7 Å². The van der Waals surface area contributed by atoms with Crippen molar-refractivity contribution in [2.24, 2.45) is 0 Å². The van der Waals surface area contributed by atoms with Crippen molar-refractivity contribution in [2.45, 2.75) is 64.8 Å². The van der Waals surface area contributed by atoms with E-state index in [0.717, 1.165) is 30.4 Å². The number of hydrogen-bond acceptors (Lipinski definition) is 4. The molecule has 1 heterocycles. The quantitative estimate of drug-likeness (QED) is 0.794. The molecule has 0 spiro atoms. The fourth-order valence-electron chi connectivity index (χ4n) is 2.62. The van der Waals surface area contributed by atoms with Gasteiger partial charge in [-0.3, -0.25) is 0 Å². The van der Waals surface area contributed by atoms with Gasteiger partial charge in [0.2, 0.25) is 0 Å². The third kappa shape index (κ3) is 4.69. The molecule has 0 radical (unpaired) electrons. The van der Waals surface area contributed by atoms with Crippen molar-refractivity contribution < 1.29 is 0 Å². The second-order valence-electron chi connectivity index (χ2n) is 5.45. The summed E-state index contributed by atoms with van der Waals surface area (Å²) in [4.78, 5) is 8.93. The van der Waals surface area contributed by atoms with E-state index in [1.54, 1.807) is 0 Å². The first-order valence-corrected chi connectivity index (χ1v) is 7.64. The lowest BCUT2D eigenvalue weighted by Crippen LogP contribution is -2.19. The number of nitrogens with one attached hydrogen (secondary N) is 2. The van der Waals surface area contributed by atoms with Crippen molar-refractivity contribution in [1.29, 1.82) is 0 Å². The molecule has 2 N–H and O–H groups in total. The normalized spacial score (nSPS) is 16.9. The highest BCUT2D eigenvalue weighted by molar-refractivity contribution is 5.48. The molecule has 0 aromatic carbocycles. The Kier molecular flexibility index (Phi) is 5.43. The molecule has 106 valence electrons. The van der Waals surface area contributed by atoms with E-state index >= 15 is 0 Å². The molecule has 4 heteroatoms. The van der Waals surface area contributed by atoms with Crippen LogP contribution in [0.2, 0.25) is 0 Å². The van der Waals surface area contributed by atoms with E-state index in [1.807, 2.05) is 13.0 Å². The van der Waals surface area contributed by atoms with E-state index in [-0.39, 0.29) is 0 Å². The highest BCUT2D eigenvalue weighted by Gasteiger charge is 2.13. The number of nitrogens with zero attached hydrogens (tertiary/aromatic N) is 2. The van der Waals surface area contributed by atoms with Crippen LogP contribution in [0, 0.1) is 6.92 Å². The van der Waals surface area contributed by atoms with Gasteiger partial charge in [-0.1, -0.05) is 32.6 Å².